The molecule has 0 saturated heterocycles. The standard InChI is InChI=1S/C13H19ClN4O/c1-2-5-18(8-9-3-4-9)13(19)10-6-11(14)16-12(7-10)17-15/h6-7,9H,2-5,8,15H2,1H3,(H,16,17). The maximum Gasteiger partial charge on any atom is 0.254 e. The van der Waals surface area contributed by atoms with Crippen LogP contribution < -0.4 is 11.3 Å². The fraction of sp³-hybridized carbons (Fsp3) is 0.538. The molecule has 1 saturated carbocycles. The van der Waals surface area contributed by atoms with Crippen LogP contribution in [0.25, 0.3) is 0 Å². The van der Waals surface area contributed by atoms with E-state index in [1.165, 1.54) is 12.8 Å². The molecule has 104 valence electrons. The summed E-state index contributed by atoms with van der Waals surface area (Å²) in [5.74, 6) is 6.38. The molecule has 0 bridgehead atoms. The van der Waals surface area contributed by atoms with Crippen LogP contribution >= 0.6 is 11.6 Å². The molecular weight excluding hydrogens is 264 g/mol. The van der Waals surface area contributed by atoms with Gasteiger partial charge in [0.1, 0.15) is 11.0 Å². The molecule has 6 heteroatoms. The number of rotatable bonds is 6. The second kappa shape index (κ2) is 6.21. The van der Waals surface area contributed by atoms with Crippen molar-refractivity contribution >= 4 is 23.3 Å². The second-order valence-corrected chi connectivity index (χ2v) is 5.29. The zero-order valence-corrected chi connectivity index (χ0v) is 11.8. The third kappa shape index (κ3) is 3.81. The van der Waals surface area contributed by atoms with Gasteiger partial charge in [-0.3, -0.25) is 4.79 Å². The molecule has 1 fully saturated rings. The van der Waals surface area contributed by atoms with E-state index in [9.17, 15) is 4.79 Å². The number of hydrazine groups is 1. The number of pyridine rings is 1. The number of amides is 1. The fourth-order valence-electron chi connectivity index (χ4n) is 2.03. The molecule has 1 aliphatic carbocycles. The topological polar surface area (TPSA) is 71.2 Å². The van der Waals surface area contributed by atoms with Gasteiger partial charge in [-0.15, -0.1) is 0 Å². The summed E-state index contributed by atoms with van der Waals surface area (Å²) in [6, 6.07) is 3.21. The Kier molecular flexibility index (Phi) is 4.61. The van der Waals surface area contributed by atoms with E-state index < -0.39 is 0 Å². The van der Waals surface area contributed by atoms with Crippen LogP contribution in [0.5, 0.6) is 0 Å². The number of nitrogens with zero attached hydrogens (tertiary/aromatic N) is 2. The average molecular weight is 283 g/mol. The summed E-state index contributed by atoms with van der Waals surface area (Å²) < 4.78 is 0. The van der Waals surface area contributed by atoms with E-state index in [1.807, 2.05) is 4.90 Å². The molecule has 1 amide bonds. The van der Waals surface area contributed by atoms with Crippen molar-refractivity contribution in [3.63, 3.8) is 0 Å². The number of carbonyl (C=O) groups is 1. The fourth-order valence-corrected chi connectivity index (χ4v) is 2.24. The summed E-state index contributed by atoms with van der Waals surface area (Å²) in [5.41, 5.74) is 2.95. The van der Waals surface area contributed by atoms with Crippen LogP contribution in [0.15, 0.2) is 12.1 Å². The molecule has 0 radical (unpaired) electrons. The highest BCUT2D eigenvalue weighted by Gasteiger charge is 2.27. The van der Waals surface area contributed by atoms with E-state index in [2.05, 4.69) is 17.3 Å². The number of hydrogen-bond acceptors (Lipinski definition) is 4. The third-order valence-electron chi connectivity index (χ3n) is 3.15. The lowest BCUT2D eigenvalue weighted by Gasteiger charge is -2.22. The van der Waals surface area contributed by atoms with Gasteiger partial charge in [0.15, 0.2) is 0 Å². The quantitative estimate of drug-likeness (QED) is 0.477. The van der Waals surface area contributed by atoms with Gasteiger partial charge in [0, 0.05) is 18.7 Å². The van der Waals surface area contributed by atoms with Gasteiger partial charge >= 0.3 is 0 Å². The van der Waals surface area contributed by atoms with Gasteiger partial charge in [-0.1, -0.05) is 18.5 Å². The van der Waals surface area contributed by atoms with Gasteiger partial charge < -0.3 is 10.3 Å². The maximum atomic E-state index is 12.5. The van der Waals surface area contributed by atoms with Crippen molar-refractivity contribution in [2.24, 2.45) is 11.8 Å². The molecule has 5 nitrogen and oxygen atoms in total. The molecule has 0 atom stereocenters. The molecule has 0 aromatic carbocycles. The van der Waals surface area contributed by atoms with E-state index in [0.717, 1.165) is 19.5 Å². The van der Waals surface area contributed by atoms with Crippen LogP contribution in [0, 0.1) is 5.92 Å². The smallest absolute Gasteiger partial charge is 0.254 e. The van der Waals surface area contributed by atoms with Gasteiger partial charge in [-0.2, -0.15) is 0 Å². The van der Waals surface area contributed by atoms with Crippen LogP contribution in [-0.4, -0.2) is 28.9 Å². The number of carbonyl (C=O) groups excluding carboxylic acids is 1. The van der Waals surface area contributed by atoms with Crippen molar-refractivity contribution in [1.82, 2.24) is 9.88 Å². The Bertz CT molecular complexity index is 462. The molecule has 0 spiro atoms. The normalized spacial score (nSPS) is 14.3. The Labute approximate surface area is 118 Å². The Morgan fingerprint density at radius 2 is 2.32 bits per heavy atom. The molecule has 19 heavy (non-hydrogen) atoms. The molecule has 0 aliphatic heterocycles. The highest BCUT2D eigenvalue weighted by Crippen LogP contribution is 2.30. The Hall–Kier alpha value is -1.33. The SMILES string of the molecule is CCCN(CC1CC1)C(=O)c1cc(Cl)nc(NN)c1. The minimum absolute atomic E-state index is 0.00505. The number of halogens is 1. The van der Waals surface area contributed by atoms with Crippen molar-refractivity contribution in [2.75, 3.05) is 18.5 Å². The lowest BCUT2D eigenvalue weighted by Crippen LogP contribution is -2.33. The largest absolute Gasteiger partial charge is 0.338 e. The lowest BCUT2D eigenvalue weighted by molar-refractivity contribution is 0.0747. The first kappa shape index (κ1) is 14.1. The summed E-state index contributed by atoms with van der Waals surface area (Å²) in [6.07, 6.45) is 3.39. The van der Waals surface area contributed by atoms with E-state index in [0.29, 0.717) is 17.3 Å². The van der Waals surface area contributed by atoms with Crippen LogP contribution in [-0.2, 0) is 0 Å². The summed E-state index contributed by atoms with van der Waals surface area (Å²) in [5, 5.41) is 0.265. The van der Waals surface area contributed by atoms with E-state index in [-0.39, 0.29) is 11.1 Å². The minimum Gasteiger partial charge on any atom is -0.338 e. The molecule has 2 rings (SSSR count). The predicted octanol–water partition coefficient (Wildman–Crippen LogP) is 2.28. The highest BCUT2D eigenvalue weighted by atomic mass is 35.5. The molecule has 3 N–H and O–H groups in total. The van der Waals surface area contributed by atoms with Crippen LogP contribution in [0.2, 0.25) is 5.15 Å². The van der Waals surface area contributed by atoms with Gasteiger partial charge in [-0.05, 0) is 37.3 Å². The molecular formula is C13H19ClN4O. The Balaban J connectivity index is 2.16. The highest BCUT2D eigenvalue weighted by molar-refractivity contribution is 6.29. The Morgan fingerprint density at radius 3 is 2.89 bits per heavy atom. The number of hydrogen-bond donors (Lipinski definition) is 2. The van der Waals surface area contributed by atoms with E-state index >= 15 is 0 Å². The van der Waals surface area contributed by atoms with Crippen molar-refractivity contribution in [2.45, 2.75) is 26.2 Å². The summed E-state index contributed by atoms with van der Waals surface area (Å²) in [7, 11) is 0. The lowest BCUT2D eigenvalue weighted by atomic mass is 10.2. The van der Waals surface area contributed by atoms with E-state index in [4.69, 9.17) is 17.4 Å². The number of nitrogens with one attached hydrogen (secondary N) is 1. The Morgan fingerprint density at radius 1 is 1.58 bits per heavy atom. The van der Waals surface area contributed by atoms with Crippen LogP contribution in [0.1, 0.15) is 36.5 Å². The van der Waals surface area contributed by atoms with Gasteiger partial charge in [-0.25, -0.2) is 10.8 Å². The zero-order valence-electron chi connectivity index (χ0n) is 11.0. The van der Waals surface area contributed by atoms with Gasteiger partial charge in [0.25, 0.3) is 5.91 Å². The number of anilines is 1. The predicted molar refractivity (Wildman–Crippen MR) is 76.0 cm³/mol. The van der Waals surface area contributed by atoms with Gasteiger partial charge in [0.05, 0.1) is 0 Å². The van der Waals surface area contributed by atoms with Crippen LogP contribution in [0.3, 0.4) is 0 Å². The van der Waals surface area contributed by atoms with Crippen molar-refractivity contribution in [3.8, 4) is 0 Å². The molecule has 1 aromatic heterocycles. The molecule has 1 aliphatic rings. The summed E-state index contributed by atoms with van der Waals surface area (Å²) >= 11 is 5.90. The van der Waals surface area contributed by atoms with Crippen molar-refractivity contribution < 1.29 is 4.79 Å². The molecule has 1 aromatic rings. The monoisotopic (exact) mass is 282 g/mol. The van der Waals surface area contributed by atoms with Gasteiger partial charge in [0.2, 0.25) is 0 Å². The third-order valence-corrected chi connectivity index (χ3v) is 3.34. The number of aromatic nitrogens is 1. The van der Waals surface area contributed by atoms with E-state index in [1.54, 1.807) is 12.1 Å². The van der Waals surface area contributed by atoms with Crippen molar-refractivity contribution in [1.29, 1.82) is 0 Å². The average Bonchev–Trinajstić information content (AvgIpc) is 3.20. The molecule has 0 unspecified atom stereocenters. The summed E-state index contributed by atoms with van der Waals surface area (Å²) in [4.78, 5) is 18.4. The first-order valence-corrected chi connectivity index (χ1v) is 6.95. The first-order chi connectivity index (χ1) is 9.13. The minimum atomic E-state index is -0.00505. The number of nitrogens with two attached hydrogens (primary N) is 1. The van der Waals surface area contributed by atoms with Crippen molar-refractivity contribution in [3.05, 3.63) is 22.8 Å². The summed E-state index contributed by atoms with van der Waals surface area (Å²) in [6.45, 7) is 3.66. The number of nitrogen functional groups attached to an aromatic ring is 1. The first-order valence-electron chi connectivity index (χ1n) is 6.57. The molecule has 1 heterocycles. The zero-order chi connectivity index (χ0) is 13.8. The van der Waals surface area contributed by atoms with Crippen LogP contribution in [0.4, 0.5) is 5.82 Å². The second-order valence-electron chi connectivity index (χ2n) is 4.90. The maximum absolute atomic E-state index is 12.5.